The molecule has 0 spiro atoms. The van der Waals surface area contributed by atoms with E-state index in [1.807, 2.05) is 31.3 Å². The molecule has 27 heavy (non-hydrogen) atoms. The van der Waals surface area contributed by atoms with Crippen LogP contribution < -0.4 is 0 Å². The lowest BCUT2D eigenvalue weighted by Gasteiger charge is -2.49. The van der Waals surface area contributed by atoms with Crippen LogP contribution in [0, 0.1) is 5.92 Å². The quantitative estimate of drug-likeness (QED) is 0.643. The molecule has 1 heterocycles. The van der Waals surface area contributed by atoms with Crippen LogP contribution in [-0.4, -0.2) is 17.6 Å². The molecule has 1 aromatic heterocycles. The van der Waals surface area contributed by atoms with E-state index in [1.54, 1.807) is 0 Å². The molecule has 0 aliphatic heterocycles. The molecule has 0 N–H and O–H groups in total. The van der Waals surface area contributed by atoms with Crippen LogP contribution in [0.3, 0.4) is 0 Å². The molecular weight excluding hydrogens is 334 g/mol. The lowest BCUT2D eigenvalue weighted by molar-refractivity contribution is -0.150. The maximum atomic E-state index is 13.1. The Hall–Kier alpha value is -2.94. The van der Waals surface area contributed by atoms with Gasteiger partial charge in [-0.1, -0.05) is 54.6 Å². The SMILES string of the molecule is CCOC(=O)[C@@H]1C2c3ccccc3C(c3ccccc32)[C@H]1c1ccccn1. The number of rotatable bonds is 3. The Morgan fingerprint density at radius 2 is 1.41 bits per heavy atom. The van der Waals surface area contributed by atoms with Crippen LogP contribution in [0.5, 0.6) is 0 Å². The first-order chi connectivity index (χ1) is 13.3. The predicted octanol–water partition coefficient (Wildman–Crippen LogP) is 4.64. The zero-order valence-electron chi connectivity index (χ0n) is 15.2. The van der Waals surface area contributed by atoms with Crippen molar-refractivity contribution in [3.8, 4) is 0 Å². The highest BCUT2D eigenvalue weighted by Crippen LogP contribution is 2.61. The molecule has 2 aromatic carbocycles. The van der Waals surface area contributed by atoms with Crippen molar-refractivity contribution in [2.75, 3.05) is 6.61 Å². The summed E-state index contributed by atoms with van der Waals surface area (Å²) in [6.45, 7) is 2.27. The average molecular weight is 355 g/mol. The summed E-state index contributed by atoms with van der Waals surface area (Å²) in [4.78, 5) is 17.8. The van der Waals surface area contributed by atoms with E-state index in [0.717, 1.165) is 5.69 Å². The maximum absolute atomic E-state index is 13.1. The van der Waals surface area contributed by atoms with Crippen LogP contribution in [0.4, 0.5) is 0 Å². The minimum absolute atomic E-state index is 0.00783. The number of carbonyl (C=O) groups excluding carboxylic acids is 1. The number of benzene rings is 2. The van der Waals surface area contributed by atoms with Crippen LogP contribution >= 0.6 is 0 Å². The first kappa shape index (κ1) is 16.2. The van der Waals surface area contributed by atoms with Crippen LogP contribution in [0.2, 0.25) is 0 Å². The minimum Gasteiger partial charge on any atom is -0.466 e. The van der Waals surface area contributed by atoms with Gasteiger partial charge in [0.2, 0.25) is 0 Å². The number of hydrogen-bond donors (Lipinski definition) is 0. The van der Waals surface area contributed by atoms with Gasteiger partial charge in [-0.05, 0) is 41.3 Å². The van der Waals surface area contributed by atoms with E-state index < -0.39 is 0 Å². The fraction of sp³-hybridized carbons (Fsp3) is 0.250. The highest BCUT2D eigenvalue weighted by Gasteiger charge is 2.53. The van der Waals surface area contributed by atoms with Crippen molar-refractivity contribution in [1.82, 2.24) is 4.98 Å². The smallest absolute Gasteiger partial charge is 0.310 e. The number of esters is 1. The normalized spacial score (nSPS) is 24.8. The first-order valence-electron chi connectivity index (χ1n) is 9.56. The summed E-state index contributed by atoms with van der Waals surface area (Å²) in [5.41, 5.74) is 6.11. The Bertz CT molecular complexity index is 951. The van der Waals surface area contributed by atoms with Crippen molar-refractivity contribution in [2.45, 2.75) is 24.7 Å². The van der Waals surface area contributed by atoms with Gasteiger partial charge in [-0.3, -0.25) is 9.78 Å². The molecule has 2 bridgehead atoms. The molecule has 3 aliphatic carbocycles. The number of carbonyl (C=O) groups is 1. The van der Waals surface area contributed by atoms with Gasteiger partial charge in [0.05, 0.1) is 12.5 Å². The Morgan fingerprint density at radius 1 is 0.852 bits per heavy atom. The van der Waals surface area contributed by atoms with E-state index in [4.69, 9.17) is 4.74 Å². The van der Waals surface area contributed by atoms with Gasteiger partial charge in [0.1, 0.15) is 0 Å². The van der Waals surface area contributed by atoms with Crippen LogP contribution in [-0.2, 0) is 9.53 Å². The fourth-order valence-corrected chi connectivity index (χ4v) is 5.13. The third kappa shape index (κ3) is 2.34. The van der Waals surface area contributed by atoms with Crippen molar-refractivity contribution in [3.05, 3.63) is 101 Å². The van der Waals surface area contributed by atoms with Gasteiger partial charge in [0.25, 0.3) is 0 Å². The van der Waals surface area contributed by atoms with Gasteiger partial charge in [-0.15, -0.1) is 0 Å². The molecule has 0 fully saturated rings. The summed E-state index contributed by atoms with van der Waals surface area (Å²) in [7, 11) is 0. The second-order valence-corrected chi connectivity index (χ2v) is 7.27. The van der Waals surface area contributed by atoms with Gasteiger partial charge in [-0.25, -0.2) is 0 Å². The van der Waals surface area contributed by atoms with Crippen molar-refractivity contribution in [3.63, 3.8) is 0 Å². The van der Waals surface area contributed by atoms with E-state index in [9.17, 15) is 4.79 Å². The van der Waals surface area contributed by atoms with Crippen molar-refractivity contribution in [1.29, 1.82) is 0 Å². The van der Waals surface area contributed by atoms with Crippen LogP contribution in [0.25, 0.3) is 0 Å². The summed E-state index contributed by atoms with van der Waals surface area (Å²) >= 11 is 0. The monoisotopic (exact) mass is 355 g/mol. The maximum Gasteiger partial charge on any atom is 0.310 e. The molecule has 3 aromatic rings. The molecule has 0 saturated heterocycles. The summed E-state index contributed by atoms with van der Waals surface area (Å²) in [5.74, 6) is -0.262. The third-order valence-corrected chi connectivity index (χ3v) is 6.03. The van der Waals surface area contributed by atoms with E-state index in [-0.39, 0.29) is 29.6 Å². The molecule has 0 saturated carbocycles. The molecule has 2 atom stereocenters. The topological polar surface area (TPSA) is 39.2 Å². The first-order valence-corrected chi connectivity index (χ1v) is 9.56. The molecule has 3 aliphatic rings. The van der Waals surface area contributed by atoms with Crippen molar-refractivity contribution < 1.29 is 9.53 Å². The fourth-order valence-electron chi connectivity index (χ4n) is 5.13. The minimum atomic E-state index is -0.255. The zero-order chi connectivity index (χ0) is 18.4. The standard InChI is InChI=1S/C24H21NO2/c1-2-27-24(26)23-21-17-11-5-3-9-15(17)20(16-10-4-6-12-18(16)21)22(23)19-13-7-8-14-25-19/h3-14,20-23H,2H2,1H3/t20?,21?,22-,23-/m1/s1. The predicted molar refractivity (Wildman–Crippen MR) is 104 cm³/mol. The van der Waals surface area contributed by atoms with Gasteiger partial charge in [-0.2, -0.15) is 0 Å². The second-order valence-electron chi connectivity index (χ2n) is 7.27. The Morgan fingerprint density at radius 3 is 1.93 bits per heavy atom. The van der Waals surface area contributed by atoms with Crippen molar-refractivity contribution >= 4 is 5.97 Å². The lowest BCUT2D eigenvalue weighted by Crippen LogP contribution is -2.43. The molecule has 0 amide bonds. The highest BCUT2D eigenvalue weighted by molar-refractivity contribution is 5.79. The van der Waals surface area contributed by atoms with Crippen LogP contribution in [0.1, 0.15) is 52.6 Å². The molecule has 6 rings (SSSR count). The Balaban J connectivity index is 1.79. The zero-order valence-corrected chi connectivity index (χ0v) is 15.2. The summed E-state index contributed by atoms with van der Waals surface area (Å²) in [5, 5.41) is 0. The van der Waals surface area contributed by atoms with E-state index in [2.05, 4.69) is 53.5 Å². The van der Waals surface area contributed by atoms with Gasteiger partial charge in [0.15, 0.2) is 0 Å². The summed E-state index contributed by atoms with van der Waals surface area (Å²) < 4.78 is 5.55. The highest BCUT2D eigenvalue weighted by atomic mass is 16.5. The van der Waals surface area contributed by atoms with E-state index in [0.29, 0.717) is 6.61 Å². The molecular formula is C24H21NO2. The number of pyridine rings is 1. The summed E-state index contributed by atoms with van der Waals surface area (Å²) in [6, 6.07) is 23.1. The number of ether oxygens (including phenoxy) is 1. The van der Waals surface area contributed by atoms with E-state index >= 15 is 0 Å². The number of fused-ring (bicyclic) bond motifs is 1. The molecule has 134 valence electrons. The molecule has 0 radical (unpaired) electrons. The average Bonchev–Trinajstić information content (AvgIpc) is 2.74. The van der Waals surface area contributed by atoms with Gasteiger partial charge < -0.3 is 4.74 Å². The Kier molecular flexibility index (Phi) is 3.82. The Labute approximate surface area is 159 Å². The summed E-state index contributed by atoms with van der Waals surface area (Å²) in [6.07, 6.45) is 1.82. The number of aromatic nitrogens is 1. The number of hydrogen-bond acceptors (Lipinski definition) is 3. The van der Waals surface area contributed by atoms with Crippen LogP contribution in [0.15, 0.2) is 72.9 Å². The molecule has 0 unspecified atom stereocenters. The second kappa shape index (κ2) is 6.34. The third-order valence-electron chi connectivity index (χ3n) is 6.03. The van der Waals surface area contributed by atoms with Gasteiger partial charge >= 0.3 is 5.97 Å². The van der Waals surface area contributed by atoms with E-state index in [1.165, 1.54) is 22.3 Å². The van der Waals surface area contributed by atoms with Gasteiger partial charge in [0, 0.05) is 29.6 Å². The molecule has 3 heteroatoms. The largest absolute Gasteiger partial charge is 0.466 e. The van der Waals surface area contributed by atoms with Crippen molar-refractivity contribution in [2.24, 2.45) is 5.92 Å². The molecule has 3 nitrogen and oxygen atoms in total. The number of nitrogens with zero attached hydrogens (tertiary/aromatic N) is 1. The lowest BCUT2D eigenvalue weighted by atomic mass is 9.53.